The van der Waals surface area contributed by atoms with Crippen LogP contribution in [0.1, 0.15) is 5.56 Å². The summed E-state index contributed by atoms with van der Waals surface area (Å²) in [6.07, 6.45) is 5.87. The molecule has 1 aliphatic rings. The Morgan fingerprint density at radius 3 is 2.57 bits per heavy atom. The van der Waals surface area contributed by atoms with E-state index in [9.17, 15) is 22.0 Å². The van der Waals surface area contributed by atoms with Crippen LogP contribution in [0.15, 0.2) is 59.4 Å². The normalized spacial score (nSPS) is 14.5. The third-order valence-electron chi connectivity index (χ3n) is 4.00. The molecule has 9 heteroatoms. The molecule has 0 saturated carbocycles. The van der Waals surface area contributed by atoms with E-state index in [1.807, 2.05) is 0 Å². The number of rotatable bonds is 5. The molecule has 0 saturated heterocycles. The summed E-state index contributed by atoms with van der Waals surface area (Å²) in [6.45, 7) is 0.223. The van der Waals surface area contributed by atoms with Gasteiger partial charge in [-0.15, -0.1) is 0 Å². The third-order valence-corrected chi connectivity index (χ3v) is 4.80. The molecular formula is C19H18F2N2O4S. The van der Waals surface area contributed by atoms with E-state index in [1.165, 1.54) is 16.7 Å². The first-order valence-electron chi connectivity index (χ1n) is 8.26. The molecule has 0 radical (unpaired) electrons. The number of pyridine rings is 1. The van der Waals surface area contributed by atoms with E-state index in [0.29, 0.717) is 17.2 Å². The van der Waals surface area contributed by atoms with Crippen LogP contribution in [0, 0.1) is 11.6 Å². The maximum absolute atomic E-state index is 14.0. The highest BCUT2D eigenvalue weighted by molar-refractivity contribution is 7.90. The molecular weight excluding hydrogens is 390 g/mol. The molecule has 0 atom stereocenters. The lowest BCUT2D eigenvalue weighted by Gasteiger charge is -2.26. The van der Waals surface area contributed by atoms with Crippen molar-refractivity contribution >= 4 is 15.4 Å². The van der Waals surface area contributed by atoms with Crippen molar-refractivity contribution in [2.45, 2.75) is 0 Å². The Labute approximate surface area is 160 Å². The van der Waals surface area contributed by atoms with Gasteiger partial charge in [-0.25, -0.2) is 17.2 Å². The van der Waals surface area contributed by atoms with Crippen LogP contribution in [0.2, 0.25) is 0 Å². The van der Waals surface area contributed by atoms with Gasteiger partial charge in [0.1, 0.15) is 17.5 Å². The average molecular weight is 408 g/mol. The molecule has 1 aliphatic heterocycles. The number of sulfone groups is 1. The largest absolute Gasteiger partial charge is 0.454 e. The molecule has 6 nitrogen and oxygen atoms in total. The van der Waals surface area contributed by atoms with Crippen LogP contribution in [-0.2, 0) is 16.9 Å². The van der Waals surface area contributed by atoms with Crippen LogP contribution in [0.25, 0.3) is 5.57 Å². The zero-order valence-corrected chi connectivity index (χ0v) is 16.0. The van der Waals surface area contributed by atoms with Crippen LogP contribution >= 0.6 is 0 Å². The first-order chi connectivity index (χ1) is 13.1. The number of ether oxygens (including phenoxy) is 1. The monoisotopic (exact) mass is 408 g/mol. The molecule has 0 amide bonds. The van der Waals surface area contributed by atoms with Gasteiger partial charge in [0.2, 0.25) is 5.56 Å². The molecule has 3 rings (SSSR count). The maximum Gasteiger partial charge on any atom is 0.250 e. The highest BCUT2D eigenvalue weighted by Gasteiger charge is 2.21. The number of benzene rings is 1. The van der Waals surface area contributed by atoms with Crippen molar-refractivity contribution in [1.29, 1.82) is 0 Å². The van der Waals surface area contributed by atoms with Crippen LogP contribution in [0.5, 0.6) is 5.75 Å². The smallest absolute Gasteiger partial charge is 0.250 e. The van der Waals surface area contributed by atoms with Crippen molar-refractivity contribution in [2.75, 3.05) is 18.7 Å². The molecule has 2 aromatic rings. The van der Waals surface area contributed by atoms with E-state index in [1.54, 1.807) is 36.5 Å². The summed E-state index contributed by atoms with van der Waals surface area (Å²) in [4.78, 5) is 13.2. The van der Waals surface area contributed by atoms with E-state index in [2.05, 4.69) is 0 Å². The summed E-state index contributed by atoms with van der Waals surface area (Å²) in [5.74, 6) is -1.69. The predicted molar refractivity (Wildman–Crippen MR) is 101 cm³/mol. The molecule has 0 spiro atoms. The lowest BCUT2D eigenvalue weighted by atomic mass is 10.0. The Kier molecular flexibility index (Phi) is 5.37. The molecule has 0 N–H and O–H groups in total. The molecule has 1 aromatic carbocycles. The van der Waals surface area contributed by atoms with Crippen molar-refractivity contribution in [2.24, 2.45) is 7.05 Å². The van der Waals surface area contributed by atoms with Gasteiger partial charge in [0.05, 0.1) is 0 Å². The van der Waals surface area contributed by atoms with Crippen LogP contribution in [-0.4, -0.2) is 36.6 Å². The Hall–Kier alpha value is -2.94. The fourth-order valence-corrected chi connectivity index (χ4v) is 3.53. The number of nitrogens with zero attached hydrogens (tertiary/aromatic N) is 2. The van der Waals surface area contributed by atoms with Crippen LogP contribution in [0.4, 0.5) is 8.78 Å². The second-order valence-electron chi connectivity index (χ2n) is 6.48. The number of halogens is 2. The topological polar surface area (TPSA) is 68.6 Å². The first-order valence-corrected chi connectivity index (χ1v) is 10.3. The fraction of sp³-hybridized carbons (Fsp3) is 0.211. The third kappa shape index (κ3) is 4.66. The van der Waals surface area contributed by atoms with E-state index in [0.717, 1.165) is 12.3 Å². The second kappa shape index (κ2) is 7.59. The van der Waals surface area contributed by atoms with Crippen LogP contribution in [0.3, 0.4) is 0 Å². The minimum Gasteiger partial charge on any atom is -0.454 e. The minimum absolute atomic E-state index is 0.167. The Bertz CT molecular complexity index is 1140. The highest BCUT2D eigenvalue weighted by atomic mass is 32.2. The standard InChI is InChI=1S/C19H18F2N2O4S/c1-22-10-13(3-6-19(22)24)15-11-23(12-28(2,25)26)8-7-17(15)27-18-5-4-14(20)9-16(18)21/h3-7,9-11H,8,12H2,1-2H3. The Morgan fingerprint density at radius 1 is 1.18 bits per heavy atom. The van der Waals surface area contributed by atoms with E-state index < -0.39 is 21.5 Å². The first kappa shape index (κ1) is 19.8. The highest BCUT2D eigenvalue weighted by Crippen LogP contribution is 2.30. The van der Waals surface area contributed by atoms with Gasteiger partial charge in [-0.2, -0.15) is 0 Å². The van der Waals surface area contributed by atoms with Gasteiger partial charge in [0.15, 0.2) is 21.4 Å². The van der Waals surface area contributed by atoms with Crippen LogP contribution < -0.4 is 10.3 Å². The summed E-state index contributed by atoms with van der Waals surface area (Å²) in [6, 6.07) is 5.89. The lowest BCUT2D eigenvalue weighted by molar-refractivity contribution is 0.391. The van der Waals surface area contributed by atoms with Crippen molar-refractivity contribution < 1.29 is 21.9 Å². The average Bonchev–Trinajstić information content (AvgIpc) is 2.59. The van der Waals surface area contributed by atoms with Gasteiger partial charge >= 0.3 is 0 Å². The maximum atomic E-state index is 14.0. The van der Waals surface area contributed by atoms with Gasteiger partial charge in [-0.05, 0) is 24.3 Å². The summed E-state index contributed by atoms with van der Waals surface area (Å²) in [7, 11) is -1.70. The fourth-order valence-electron chi connectivity index (χ4n) is 2.74. The predicted octanol–water partition coefficient (Wildman–Crippen LogP) is 2.29. The Balaban J connectivity index is 2.01. The van der Waals surface area contributed by atoms with Gasteiger partial charge in [-0.3, -0.25) is 4.79 Å². The second-order valence-corrected chi connectivity index (χ2v) is 8.59. The molecule has 0 bridgehead atoms. The summed E-state index contributed by atoms with van der Waals surface area (Å²) in [5, 5.41) is 0. The van der Waals surface area contributed by atoms with Gasteiger partial charge in [0.25, 0.3) is 0 Å². The molecule has 0 unspecified atom stereocenters. The number of hydrogen-bond acceptors (Lipinski definition) is 5. The molecule has 1 aromatic heterocycles. The van der Waals surface area contributed by atoms with Crippen molar-refractivity contribution in [3.63, 3.8) is 0 Å². The van der Waals surface area contributed by atoms with Crippen molar-refractivity contribution in [3.05, 3.63) is 82.1 Å². The van der Waals surface area contributed by atoms with Gasteiger partial charge in [-0.1, -0.05) is 0 Å². The van der Waals surface area contributed by atoms with Crippen molar-refractivity contribution in [1.82, 2.24) is 9.47 Å². The van der Waals surface area contributed by atoms with Crippen molar-refractivity contribution in [3.8, 4) is 5.75 Å². The summed E-state index contributed by atoms with van der Waals surface area (Å²) < 4.78 is 57.4. The zero-order valence-electron chi connectivity index (χ0n) is 15.2. The SMILES string of the molecule is Cn1cc(C2=CN(CS(C)(=O)=O)CC=C2Oc2ccc(F)cc2F)ccc1=O. The molecule has 0 aliphatic carbocycles. The molecule has 28 heavy (non-hydrogen) atoms. The van der Waals surface area contributed by atoms with E-state index in [-0.39, 0.29) is 29.5 Å². The number of aromatic nitrogens is 1. The zero-order chi connectivity index (χ0) is 20.5. The van der Waals surface area contributed by atoms with E-state index >= 15 is 0 Å². The number of hydrogen-bond donors (Lipinski definition) is 0. The molecule has 0 fully saturated rings. The molecule has 2 heterocycles. The Morgan fingerprint density at radius 2 is 1.93 bits per heavy atom. The minimum atomic E-state index is -3.28. The van der Waals surface area contributed by atoms with Gasteiger partial charge < -0.3 is 14.2 Å². The summed E-state index contributed by atoms with van der Waals surface area (Å²) in [5.41, 5.74) is 0.826. The number of allylic oxidation sites excluding steroid dienone is 1. The number of aryl methyl sites for hydroxylation is 1. The quantitative estimate of drug-likeness (QED) is 0.759. The summed E-state index contributed by atoms with van der Waals surface area (Å²) >= 11 is 0. The van der Waals surface area contributed by atoms with E-state index in [4.69, 9.17) is 4.74 Å². The van der Waals surface area contributed by atoms with Gasteiger partial charge in [0, 0.05) is 55.5 Å². The lowest BCUT2D eigenvalue weighted by Crippen LogP contribution is -2.28. The molecule has 148 valence electrons.